The minimum atomic E-state index is -0.0717. The maximum atomic E-state index is 12.7. The van der Waals surface area contributed by atoms with Crippen molar-refractivity contribution in [1.82, 2.24) is 15.1 Å². The first kappa shape index (κ1) is 15.7. The zero-order valence-electron chi connectivity index (χ0n) is 14.0. The van der Waals surface area contributed by atoms with Gasteiger partial charge in [0.1, 0.15) is 0 Å². The van der Waals surface area contributed by atoms with Crippen LogP contribution >= 0.6 is 0 Å². The number of anilines is 1. The molecule has 1 aromatic carbocycles. The lowest BCUT2D eigenvalue weighted by molar-refractivity contribution is 0.0987. The number of amides is 1. The number of nitrogens with zero attached hydrogens (tertiary/aromatic N) is 3. The van der Waals surface area contributed by atoms with Crippen LogP contribution in [0.1, 0.15) is 40.5 Å². The number of hydrogen-bond acceptors (Lipinski definition) is 3. The van der Waals surface area contributed by atoms with Crippen LogP contribution in [-0.2, 0) is 0 Å². The van der Waals surface area contributed by atoms with Crippen LogP contribution in [0.5, 0.6) is 0 Å². The second-order valence-electron chi connectivity index (χ2n) is 6.39. The molecule has 1 amide bonds. The van der Waals surface area contributed by atoms with Gasteiger partial charge in [-0.3, -0.25) is 9.48 Å². The topological polar surface area (TPSA) is 50.2 Å². The summed E-state index contributed by atoms with van der Waals surface area (Å²) in [5.41, 5.74) is 3.70. The molecule has 1 aliphatic heterocycles. The molecule has 1 saturated heterocycles. The van der Waals surface area contributed by atoms with E-state index in [4.69, 9.17) is 0 Å². The molecule has 5 heteroatoms. The molecule has 2 aromatic rings. The smallest absolute Gasteiger partial charge is 0.278 e. The zero-order valence-corrected chi connectivity index (χ0v) is 14.0. The number of aryl methyl sites for hydroxylation is 2. The van der Waals surface area contributed by atoms with Crippen LogP contribution in [-0.4, -0.2) is 35.8 Å². The molecule has 0 bridgehead atoms. The Morgan fingerprint density at radius 2 is 2.04 bits per heavy atom. The van der Waals surface area contributed by atoms with Gasteiger partial charge in [-0.05, 0) is 62.6 Å². The molecule has 0 aliphatic carbocycles. The van der Waals surface area contributed by atoms with Gasteiger partial charge in [-0.2, -0.15) is 5.10 Å². The molecule has 2 heterocycles. The SMILES string of the molecule is Cc1cc(C)cc(N(C)C(=O)c2ccn(C3CCCNC3)n2)c1. The summed E-state index contributed by atoms with van der Waals surface area (Å²) in [7, 11) is 1.80. The highest BCUT2D eigenvalue weighted by atomic mass is 16.2. The summed E-state index contributed by atoms with van der Waals surface area (Å²) in [5.74, 6) is -0.0717. The number of rotatable bonds is 3. The number of nitrogens with one attached hydrogen (secondary N) is 1. The number of benzene rings is 1. The molecule has 1 aromatic heterocycles. The van der Waals surface area contributed by atoms with Crippen LogP contribution in [0.4, 0.5) is 5.69 Å². The van der Waals surface area contributed by atoms with Crippen LogP contribution in [0.2, 0.25) is 0 Å². The van der Waals surface area contributed by atoms with Crippen LogP contribution in [0.25, 0.3) is 0 Å². The fraction of sp³-hybridized carbons (Fsp3) is 0.444. The monoisotopic (exact) mass is 312 g/mol. The molecule has 3 rings (SSSR count). The van der Waals surface area contributed by atoms with Gasteiger partial charge in [-0.15, -0.1) is 0 Å². The average molecular weight is 312 g/mol. The summed E-state index contributed by atoms with van der Waals surface area (Å²) in [6.07, 6.45) is 4.17. The Kier molecular flexibility index (Phi) is 4.48. The molecule has 0 spiro atoms. The van der Waals surface area contributed by atoms with Crippen LogP contribution in [0.15, 0.2) is 30.5 Å². The first-order valence-corrected chi connectivity index (χ1v) is 8.17. The van der Waals surface area contributed by atoms with E-state index in [9.17, 15) is 4.79 Å². The van der Waals surface area contributed by atoms with Gasteiger partial charge in [-0.1, -0.05) is 6.07 Å². The Morgan fingerprint density at radius 1 is 1.30 bits per heavy atom. The molecule has 1 unspecified atom stereocenters. The minimum absolute atomic E-state index is 0.0717. The molecule has 1 atom stereocenters. The third-order valence-corrected chi connectivity index (χ3v) is 4.37. The molecular weight excluding hydrogens is 288 g/mol. The van der Waals surface area contributed by atoms with Gasteiger partial charge in [0.05, 0.1) is 6.04 Å². The second kappa shape index (κ2) is 6.54. The van der Waals surface area contributed by atoms with Gasteiger partial charge in [0, 0.05) is 25.5 Å². The van der Waals surface area contributed by atoms with Crippen molar-refractivity contribution < 1.29 is 4.79 Å². The fourth-order valence-electron chi connectivity index (χ4n) is 3.15. The number of hydrogen-bond donors (Lipinski definition) is 1. The average Bonchev–Trinajstić information content (AvgIpc) is 3.03. The predicted octanol–water partition coefficient (Wildman–Crippen LogP) is 2.70. The van der Waals surface area contributed by atoms with Crippen molar-refractivity contribution in [2.24, 2.45) is 0 Å². The molecule has 0 radical (unpaired) electrons. The summed E-state index contributed by atoms with van der Waals surface area (Å²) in [6, 6.07) is 8.31. The Balaban J connectivity index is 1.78. The number of piperidine rings is 1. The summed E-state index contributed by atoms with van der Waals surface area (Å²) < 4.78 is 1.93. The van der Waals surface area contributed by atoms with Gasteiger partial charge >= 0.3 is 0 Å². The molecule has 23 heavy (non-hydrogen) atoms. The van der Waals surface area contributed by atoms with Crippen molar-refractivity contribution in [3.63, 3.8) is 0 Å². The van der Waals surface area contributed by atoms with E-state index in [-0.39, 0.29) is 5.91 Å². The van der Waals surface area contributed by atoms with Crippen molar-refractivity contribution in [1.29, 1.82) is 0 Å². The highest BCUT2D eigenvalue weighted by Crippen LogP contribution is 2.20. The van der Waals surface area contributed by atoms with Crippen molar-refractivity contribution in [2.75, 3.05) is 25.0 Å². The Labute approximate surface area is 137 Å². The third-order valence-electron chi connectivity index (χ3n) is 4.37. The summed E-state index contributed by atoms with van der Waals surface area (Å²) in [5, 5.41) is 7.89. The standard InChI is InChI=1S/C18H24N4O/c1-13-9-14(2)11-16(10-13)21(3)18(23)17-6-8-22(20-17)15-5-4-7-19-12-15/h6,8-11,15,19H,4-5,7,12H2,1-3H3. The lowest BCUT2D eigenvalue weighted by Crippen LogP contribution is -2.32. The van der Waals surface area contributed by atoms with Crippen molar-refractivity contribution in [3.8, 4) is 0 Å². The number of carbonyl (C=O) groups is 1. The normalized spacial score (nSPS) is 18.0. The molecule has 5 nitrogen and oxygen atoms in total. The predicted molar refractivity (Wildman–Crippen MR) is 92.0 cm³/mol. The molecule has 122 valence electrons. The van der Waals surface area contributed by atoms with E-state index < -0.39 is 0 Å². The molecular formula is C18H24N4O. The van der Waals surface area contributed by atoms with E-state index in [1.54, 1.807) is 11.9 Å². The van der Waals surface area contributed by atoms with E-state index in [0.717, 1.165) is 42.7 Å². The highest BCUT2D eigenvalue weighted by Gasteiger charge is 2.20. The van der Waals surface area contributed by atoms with Gasteiger partial charge in [0.2, 0.25) is 0 Å². The Morgan fingerprint density at radius 3 is 2.70 bits per heavy atom. The molecule has 0 saturated carbocycles. The van der Waals surface area contributed by atoms with E-state index in [0.29, 0.717) is 11.7 Å². The van der Waals surface area contributed by atoms with E-state index in [1.165, 1.54) is 0 Å². The van der Waals surface area contributed by atoms with Crippen molar-refractivity contribution >= 4 is 11.6 Å². The summed E-state index contributed by atoms with van der Waals surface area (Å²) >= 11 is 0. The summed E-state index contributed by atoms with van der Waals surface area (Å²) in [4.78, 5) is 14.4. The highest BCUT2D eigenvalue weighted by molar-refractivity contribution is 6.04. The van der Waals surface area contributed by atoms with Crippen molar-refractivity contribution in [3.05, 3.63) is 47.3 Å². The van der Waals surface area contributed by atoms with Gasteiger partial charge < -0.3 is 10.2 Å². The fourth-order valence-corrected chi connectivity index (χ4v) is 3.15. The third kappa shape index (κ3) is 3.45. The van der Waals surface area contributed by atoms with Gasteiger partial charge in [0.15, 0.2) is 5.69 Å². The number of aromatic nitrogens is 2. The maximum absolute atomic E-state index is 12.7. The minimum Gasteiger partial charge on any atom is -0.315 e. The molecule has 1 N–H and O–H groups in total. The Bertz CT molecular complexity index is 681. The lowest BCUT2D eigenvalue weighted by atomic mass is 10.1. The quantitative estimate of drug-likeness (QED) is 0.948. The largest absolute Gasteiger partial charge is 0.315 e. The molecule has 1 fully saturated rings. The molecule has 1 aliphatic rings. The second-order valence-corrected chi connectivity index (χ2v) is 6.39. The lowest BCUT2D eigenvalue weighted by Gasteiger charge is -2.23. The first-order chi connectivity index (χ1) is 11.0. The summed E-state index contributed by atoms with van der Waals surface area (Å²) in [6.45, 7) is 6.07. The zero-order chi connectivity index (χ0) is 16.4. The van der Waals surface area contributed by atoms with Crippen LogP contribution < -0.4 is 10.2 Å². The van der Waals surface area contributed by atoms with Gasteiger partial charge in [0.25, 0.3) is 5.91 Å². The van der Waals surface area contributed by atoms with E-state index in [2.05, 4.69) is 16.5 Å². The van der Waals surface area contributed by atoms with Crippen molar-refractivity contribution in [2.45, 2.75) is 32.7 Å². The maximum Gasteiger partial charge on any atom is 0.278 e. The van der Waals surface area contributed by atoms with E-state index in [1.807, 2.05) is 42.9 Å². The van der Waals surface area contributed by atoms with Crippen LogP contribution in [0, 0.1) is 13.8 Å². The first-order valence-electron chi connectivity index (χ1n) is 8.17. The Hall–Kier alpha value is -2.14. The van der Waals surface area contributed by atoms with Gasteiger partial charge in [-0.25, -0.2) is 0 Å². The number of carbonyl (C=O) groups excluding carboxylic acids is 1. The van der Waals surface area contributed by atoms with E-state index >= 15 is 0 Å². The van der Waals surface area contributed by atoms with Crippen LogP contribution in [0.3, 0.4) is 0 Å².